The van der Waals surface area contributed by atoms with Crippen molar-refractivity contribution in [3.8, 4) is 0 Å². The van der Waals surface area contributed by atoms with Crippen LogP contribution < -0.4 is 5.32 Å². The summed E-state index contributed by atoms with van der Waals surface area (Å²) in [5, 5.41) is 11.8. The Labute approximate surface area is 102 Å². The van der Waals surface area contributed by atoms with E-state index in [-0.39, 0.29) is 17.9 Å². The lowest BCUT2D eigenvalue weighted by Gasteiger charge is -2.25. The molecule has 1 heterocycles. The molecule has 0 radical (unpaired) electrons. The van der Waals surface area contributed by atoms with Crippen molar-refractivity contribution in [2.45, 2.75) is 58.2 Å². The van der Waals surface area contributed by atoms with Gasteiger partial charge in [0.15, 0.2) is 0 Å². The van der Waals surface area contributed by atoms with Crippen molar-refractivity contribution >= 4 is 11.9 Å². The third kappa shape index (κ3) is 4.00. The molecule has 17 heavy (non-hydrogen) atoms. The first-order valence-electron chi connectivity index (χ1n) is 5.92. The second-order valence-electron chi connectivity index (χ2n) is 5.56. The number of carboxylic acid groups (broad SMARTS) is 1. The van der Waals surface area contributed by atoms with Gasteiger partial charge in [-0.3, -0.25) is 9.59 Å². The second-order valence-corrected chi connectivity index (χ2v) is 5.56. The molecule has 0 spiro atoms. The molecule has 1 unspecified atom stereocenters. The summed E-state index contributed by atoms with van der Waals surface area (Å²) < 4.78 is 5.28. The zero-order chi connectivity index (χ0) is 13.2. The Bertz CT molecular complexity index is 308. The van der Waals surface area contributed by atoms with Crippen LogP contribution in [0.4, 0.5) is 0 Å². The van der Waals surface area contributed by atoms with Crippen molar-refractivity contribution in [3.63, 3.8) is 0 Å². The lowest BCUT2D eigenvalue weighted by molar-refractivity contribution is -0.160. The Morgan fingerprint density at radius 2 is 1.94 bits per heavy atom. The van der Waals surface area contributed by atoms with Gasteiger partial charge in [0.2, 0.25) is 0 Å². The fourth-order valence-electron chi connectivity index (χ4n) is 1.92. The number of carbonyl (C=O) groups excluding carboxylic acids is 1. The van der Waals surface area contributed by atoms with Gasteiger partial charge in [0.25, 0.3) is 0 Å². The van der Waals surface area contributed by atoms with Gasteiger partial charge in [-0.1, -0.05) is 6.92 Å². The van der Waals surface area contributed by atoms with E-state index in [9.17, 15) is 9.59 Å². The molecule has 1 fully saturated rings. The number of carbonyl (C=O) groups is 2. The topological polar surface area (TPSA) is 75.6 Å². The fraction of sp³-hybridized carbons (Fsp3) is 0.833. The van der Waals surface area contributed by atoms with Gasteiger partial charge >= 0.3 is 11.9 Å². The maximum Gasteiger partial charge on any atom is 0.320 e. The molecule has 0 aliphatic carbocycles. The molecular formula is C12H21NO4. The van der Waals surface area contributed by atoms with Crippen LogP contribution in [0.3, 0.4) is 0 Å². The average molecular weight is 243 g/mol. The third-order valence-corrected chi connectivity index (χ3v) is 2.86. The number of carboxylic acids is 1. The Morgan fingerprint density at radius 1 is 1.35 bits per heavy atom. The Kier molecular flexibility index (Phi) is 4.14. The van der Waals surface area contributed by atoms with Crippen LogP contribution in [0.15, 0.2) is 0 Å². The van der Waals surface area contributed by atoms with Gasteiger partial charge in [-0.05, 0) is 33.6 Å². The zero-order valence-corrected chi connectivity index (χ0v) is 10.8. The number of ether oxygens (including phenoxy) is 1. The predicted molar refractivity (Wildman–Crippen MR) is 62.6 cm³/mol. The highest BCUT2D eigenvalue weighted by atomic mass is 16.6. The van der Waals surface area contributed by atoms with Gasteiger partial charge in [-0.15, -0.1) is 0 Å². The minimum atomic E-state index is -0.858. The summed E-state index contributed by atoms with van der Waals surface area (Å²) in [5.74, 6) is -1.46. The molecule has 0 aromatic heterocycles. The first kappa shape index (κ1) is 14.0. The lowest BCUT2D eigenvalue weighted by atomic mass is 10.0. The Morgan fingerprint density at radius 3 is 2.35 bits per heavy atom. The first-order chi connectivity index (χ1) is 7.70. The highest BCUT2D eigenvalue weighted by Gasteiger charge is 2.36. The molecule has 5 nitrogen and oxygen atoms in total. The number of nitrogens with one attached hydrogen (secondary N) is 1. The van der Waals surface area contributed by atoms with E-state index in [0.29, 0.717) is 12.8 Å². The smallest absolute Gasteiger partial charge is 0.320 e. The zero-order valence-electron chi connectivity index (χ0n) is 10.8. The van der Waals surface area contributed by atoms with Gasteiger partial charge in [0.1, 0.15) is 11.6 Å². The van der Waals surface area contributed by atoms with Gasteiger partial charge in [-0.25, -0.2) is 0 Å². The predicted octanol–water partition coefficient (Wildman–Crippen LogP) is 1.17. The monoisotopic (exact) mass is 243 g/mol. The number of rotatable bonds is 3. The molecule has 3 atom stereocenters. The summed E-state index contributed by atoms with van der Waals surface area (Å²) in [5.41, 5.74) is -0.504. The van der Waals surface area contributed by atoms with E-state index in [2.05, 4.69) is 5.32 Å². The molecule has 98 valence electrons. The van der Waals surface area contributed by atoms with Gasteiger partial charge in [-0.2, -0.15) is 0 Å². The molecule has 0 amide bonds. The molecule has 0 saturated carbocycles. The van der Waals surface area contributed by atoms with E-state index in [1.165, 1.54) is 0 Å². The maximum atomic E-state index is 11.8. The number of aliphatic carboxylic acids is 1. The molecule has 2 N–H and O–H groups in total. The minimum Gasteiger partial charge on any atom is -0.480 e. The molecule has 0 bridgehead atoms. The highest BCUT2D eigenvalue weighted by molar-refractivity contribution is 5.76. The molecule has 0 aromatic rings. The van der Waals surface area contributed by atoms with Crippen LogP contribution in [0.1, 0.15) is 40.5 Å². The van der Waals surface area contributed by atoms with Crippen LogP contribution in [0.2, 0.25) is 0 Å². The summed E-state index contributed by atoms with van der Waals surface area (Å²) in [6.07, 6.45) is 1.25. The van der Waals surface area contributed by atoms with Gasteiger partial charge < -0.3 is 15.2 Å². The summed E-state index contributed by atoms with van der Waals surface area (Å²) in [6, 6.07) is -0.643. The van der Waals surface area contributed by atoms with Crippen LogP contribution in [0.25, 0.3) is 0 Å². The van der Waals surface area contributed by atoms with Crippen LogP contribution in [-0.2, 0) is 14.3 Å². The van der Waals surface area contributed by atoms with Crippen LogP contribution >= 0.6 is 0 Å². The SMILES string of the molecule is CC(C(=O)OC(C)(C)C)[C@@H]1CC[C@@H](C(=O)O)N1. The highest BCUT2D eigenvalue weighted by Crippen LogP contribution is 2.22. The molecule has 5 heteroatoms. The third-order valence-electron chi connectivity index (χ3n) is 2.86. The number of hydrogen-bond donors (Lipinski definition) is 2. The normalized spacial score (nSPS) is 26.6. The average Bonchev–Trinajstić information content (AvgIpc) is 2.62. The molecule has 1 aliphatic rings. The molecular weight excluding hydrogens is 222 g/mol. The van der Waals surface area contributed by atoms with Crippen molar-refractivity contribution in [3.05, 3.63) is 0 Å². The number of hydrogen-bond acceptors (Lipinski definition) is 4. The summed E-state index contributed by atoms with van der Waals surface area (Å²) >= 11 is 0. The van der Waals surface area contributed by atoms with Crippen molar-refractivity contribution in [1.82, 2.24) is 5.32 Å². The first-order valence-corrected chi connectivity index (χ1v) is 5.92. The largest absolute Gasteiger partial charge is 0.480 e. The van der Waals surface area contributed by atoms with E-state index in [1.807, 2.05) is 20.8 Å². The summed E-state index contributed by atoms with van der Waals surface area (Å²) in [7, 11) is 0. The van der Waals surface area contributed by atoms with Crippen LogP contribution in [0, 0.1) is 5.92 Å². The minimum absolute atomic E-state index is 0.106. The van der Waals surface area contributed by atoms with E-state index in [4.69, 9.17) is 9.84 Å². The molecule has 0 aromatic carbocycles. The summed E-state index contributed by atoms with van der Waals surface area (Å²) in [4.78, 5) is 22.6. The van der Waals surface area contributed by atoms with Crippen molar-refractivity contribution in [2.24, 2.45) is 5.92 Å². The van der Waals surface area contributed by atoms with E-state index >= 15 is 0 Å². The van der Waals surface area contributed by atoms with Gasteiger partial charge in [0.05, 0.1) is 5.92 Å². The second kappa shape index (κ2) is 5.04. The van der Waals surface area contributed by atoms with E-state index in [0.717, 1.165) is 0 Å². The fourth-order valence-corrected chi connectivity index (χ4v) is 1.92. The van der Waals surface area contributed by atoms with E-state index in [1.54, 1.807) is 6.92 Å². The Balaban J connectivity index is 2.52. The van der Waals surface area contributed by atoms with Crippen molar-refractivity contribution in [2.75, 3.05) is 0 Å². The van der Waals surface area contributed by atoms with E-state index < -0.39 is 17.6 Å². The molecule has 1 rings (SSSR count). The number of esters is 1. The lowest BCUT2D eigenvalue weighted by Crippen LogP contribution is -2.42. The van der Waals surface area contributed by atoms with Crippen LogP contribution in [0.5, 0.6) is 0 Å². The quantitative estimate of drug-likeness (QED) is 0.728. The maximum absolute atomic E-state index is 11.8. The summed E-state index contributed by atoms with van der Waals surface area (Å²) in [6.45, 7) is 7.23. The van der Waals surface area contributed by atoms with Crippen molar-refractivity contribution in [1.29, 1.82) is 0 Å². The standard InChI is InChI=1S/C12H21NO4/c1-7(11(16)17-12(2,3)4)8-5-6-9(13-8)10(14)15/h7-9,13H,5-6H2,1-4H3,(H,14,15)/t7?,8-,9-/m0/s1. The van der Waals surface area contributed by atoms with Crippen LogP contribution in [-0.4, -0.2) is 34.7 Å². The molecule has 1 saturated heterocycles. The van der Waals surface area contributed by atoms with Gasteiger partial charge in [0, 0.05) is 6.04 Å². The molecule has 1 aliphatic heterocycles. The van der Waals surface area contributed by atoms with Crippen molar-refractivity contribution < 1.29 is 19.4 Å². The Hall–Kier alpha value is -1.10.